The van der Waals surface area contributed by atoms with Crippen LogP contribution in [0.15, 0.2) is 35.4 Å². The van der Waals surface area contributed by atoms with Crippen LogP contribution in [0.1, 0.15) is 53.4 Å². The monoisotopic (exact) mass is 411 g/mol. The molecule has 0 aliphatic rings. The quantitative estimate of drug-likeness (QED) is 0.438. The highest BCUT2D eigenvalue weighted by atomic mass is 32.1. The Morgan fingerprint density at radius 3 is 2.55 bits per heavy atom. The summed E-state index contributed by atoms with van der Waals surface area (Å²) in [5.41, 5.74) is 1.87. The Balaban J connectivity index is 1.69. The van der Waals surface area contributed by atoms with E-state index >= 15 is 0 Å². The number of Topliss-reactive ketones (excluding diaryl/α,β-unsaturated/α-hetero) is 1. The van der Waals surface area contributed by atoms with Crippen LogP contribution >= 0.6 is 11.3 Å². The molecule has 3 aromatic rings. The van der Waals surface area contributed by atoms with E-state index < -0.39 is 0 Å². The van der Waals surface area contributed by atoms with Crippen LogP contribution in [0, 0.1) is 13.8 Å². The fourth-order valence-electron chi connectivity index (χ4n) is 3.13. The highest BCUT2D eigenvalue weighted by Gasteiger charge is 2.14. The van der Waals surface area contributed by atoms with Crippen LogP contribution in [-0.2, 0) is 11.3 Å². The van der Waals surface area contributed by atoms with Gasteiger partial charge in [0.05, 0.1) is 18.3 Å². The molecule has 0 radical (unpaired) electrons. The van der Waals surface area contributed by atoms with E-state index in [4.69, 9.17) is 0 Å². The van der Waals surface area contributed by atoms with E-state index in [0.717, 1.165) is 29.7 Å². The molecule has 0 unspecified atom stereocenters. The zero-order valence-corrected chi connectivity index (χ0v) is 17.8. The topological polar surface area (TPSA) is 81.1 Å². The van der Waals surface area contributed by atoms with E-state index in [1.807, 2.05) is 13.8 Å². The Hall–Kier alpha value is -2.80. The zero-order valence-electron chi connectivity index (χ0n) is 16.9. The summed E-state index contributed by atoms with van der Waals surface area (Å²) < 4.78 is 1.35. The van der Waals surface area contributed by atoms with Gasteiger partial charge in [0.2, 0.25) is 5.91 Å². The standard InChI is InChI=1S/C22H25N3O3S/c1-4-5-6-7-19(27)24-17-10-8-16(9-11-17)18(26)12-25-13-23-21-20(22(25)28)14(2)15(3)29-21/h8-11,13H,4-7,12H2,1-3H3,(H,24,27). The van der Waals surface area contributed by atoms with Crippen molar-refractivity contribution in [2.45, 2.75) is 53.0 Å². The molecule has 1 aromatic carbocycles. The molecular formula is C22H25N3O3S. The van der Waals surface area contributed by atoms with E-state index in [9.17, 15) is 14.4 Å². The van der Waals surface area contributed by atoms with Gasteiger partial charge in [-0.1, -0.05) is 19.8 Å². The summed E-state index contributed by atoms with van der Waals surface area (Å²) in [6.07, 6.45) is 4.90. The number of fused-ring (bicyclic) bond motifs is 1. The Labute approximate surface area is 173 Å². The summed E-state index contributed by atoms with van der Waals surface area (Å²) >= 11 is 1.49. The van der Waals surface area contributed by atoms with Crippen molar-refractivity contribution in [3.8, 4) is 0 Å². The molecule has 0 saturated carbocycles. The first-order valence-electron chi connectivity index (χ1n) is 9.79. The van der Waals surface area contributed by atoms with Gasteiger partial charge in [-0.2, -0.15) is 0 Å². The van der Waals surface area contributed by atoms with Crippen LogP contribution in [0.2, 0.25) is 0 Å². The van der Waals surface area contributed by atoms with Crippen molar-refractivity contribution in [1.82, 2.24) is 9.55 Å². The number of carbonyl (C=O) groups is 2. The summed E-state index contributed by atoms with van der Waals surface area (Å²) in [4.78, 5) is 43.4. The minimum absolute atomic E-state index is 0.0233. The Kier molecular flexibility index (Phi) is 6.59. The molecule has 2 heterocycles. The molecule has 0 bridgehead atoms. The van der Waals surface area contributed by atoms with E-state index in [1.165, 1.54) is 22.2 Å². The molecular weight excluding hydrogens is 386 g/mol. The highest BCUT2D eigenvalue weighted by molar-refractivity contribution is 7.18. The molecule has 6 nitrogen and oxygen atoms in total. The molecule has 152 valence electrons. The van der Waals surface area contributed by atoms with Crippen molar-refractivity contribution in [3.05, 3.63) is 57.0 Å². The second kappa shape index (κ2) is 9.13. The number of rotatable bonds is 8. The van der Waals surface area contributed by atoms with E-state index in [2.05, 4.69) is 17.2 Å². The summed E-state index contributed by atoms with van der Waals surface area (Å²) in [7, 11) is 0. The van der Waals surface area contributed by atoms with Crippen LogP contribution in [-0.4, -0.2) is 21.2 Å². The van der Waals surface area contributed by atoms with E-state index in [-0.39, 0.29) is 23.8 Å². The van der Waals surface area contributed by atoms with Gasteiger partial charge in [-0.25, -0.2) is 4.98 Å². The smallest absolute Gasteiger partial charge is 0.262 e. The number of thiophene rings is 1. The lowest BCUT2D eigenvalue weighted by atomic mass is 10.1. The number of aromatic nitrogens is 2. The Morgan fingerprint density at radius 1 is 1.14 bits per heavy atom. The number of nitrogens with zero attached hydrogens (tertiary/aromatic N) is 2. The van der Waals surface area contributed by atoms with Crippen LogP contribution in [0.3, 0.4) is 0 Å². The van der Waals surface area contributed by atoms with Gasteiger partial charge >= 0.3 is 0 Å². The van der Waals surface area contributed by atoms with E-state index in [0.29, 0.717) is 27.9 Å². The van der Waals surface area contributed by atoms with Gasteiger partial charge in [-0.05, 0) is 50.1 Å². The average molecular weight is 412 g/mol. The third-order valence-electron chi connectivity index (χ3n) is 4.97. The summed E-state index contributed by atoms with van der Waals surface area (Å²) in [5.74, 6) is -0.205. The number of ketones is 1. The van der Waals surface area contributed by atoms with Crippen LogP contribution < -0.4 is 10.9 Å². The highest BCUT2D eigenvalue weighted by Crippen LogP contribution is 2.25. The molecule has 0 aliphatic carbocycles. The van der Waals surface area contributed by atoms with Gasteiger partial charge in [0.15, 0.2) is 5.78 Å². The molecule has 3 rings (SSSR count). The predicted molar refractivity (Wildman–Crippen MR) is 117 cm³/mol. The fraction of sp³-hybridized carbons (Fsp3) is 0.364. The van der Waals surface area contributed by atoms with Gasteiger partial charge in [0.1, 0.15) is 4.83 Å². The number of carbonyl (C=O) groups excluding carboxylic acids is 2. The first kappa shape index (κ1) is 20.9. The van der Waals surface area contributed by atoms with Crippen LogP contribution in [0.5, 0.6) is 0 Å². The number of anilines is 1. The SMILES string of the molecule is CCCCCC(=O)Nc1ccc(C(=O)Cn2cnc3sc(C)c(C)c3c2=O)cc1. The second-order valence-corrected chi connectivity index (χ2v) is 8.35. The number of hydrogen-bond donors (Lipinski definition) is 1. The molecule has 0 atom stereocenters. The molecule has 1 N–H and O–H groups in total. The maximum absolute atomic E-state index is 12.7. The van der Waals surface area contributed by atoms with Crippen molar-refractivity contribution in [1.29, 1.82) is 0 Å². The van der Waals surface area contributed by atoms with Crippen molar-refractivity contribution < 1.29 is 9.59 Å². The normalized spacial score (nSPS) is 11.0. The van der Waals surface area contributed by atoms with Gasteiger partial charge in [0, 0.05) is 22.5 Å². The summed E-state index contributed by atoms with van der Waals surface area (Å²) in [6, 6.07) is 6.76. The number of hydrogen-bond acceptors (Lipinski definition) is 5. The molecule has 29 heavy (non-hydrogen) atoms. The maximum Gasteiger partial charge on any atom is 0.262 e. The fourth-order valence-corrected chi connectivity index (χ4v) is 4.11. The molecule has 2 aromatic heterocycles. The molecule has 0 aliphatic heterocycles. The number of benzene rings is 1. The minimum Gasteiger partial charge on any atom is -0.326 e. The van der Waals surface area contributed by atoms with E-state index in [1.54, 1.807) is 24.3 Å². The second-order valence-electron chi connectivity index (χ2n) is 7.15. The zero-order chi connectivity index (χ0) is 21.0. The van der Waals surface area contributed by atoms with Crippen LogP contribution in [0.4, 0.5) is 5.69 Å². The van der Waals surface area contributed by atoms with Gasteiger partial charge < -0.3 is 5.32 Å². The lowest BCUT2D eigenvalue weighted by Crippen LogP contribution is -2.24. The largest absolute Gasteiger partial charge is 0.326 e. The molecule has 1 amide bonds. The van der Waals surface area contributed by atoms with Crippen LogP contribution in [0.25, 0.3) is 10.2 Å². The minimum atomic E-state index is -0.193. The number of nitrogens with one attached hydrogen (secondary N) is 1. The molecule has 0 spiro atoms. The van der Waals surface area contributed by atoms with Gasteiger partial charge in [0.25, 0.3) is 5.56 Å². The Morgan fingerprint density at radius 2 is 1.86 bits per heavy atom. The first-order valence-corrected chi connectivity index (χ1v) is 10.6. The molecule has 0 fully saturated rings. The Bertz CT molecular complexity index is 1100. The lowest BCUT2D eigenvalue weighted by Gasteiger charge is -2.08. The third-order valence-corrected chi connectivity index (χ3v) is 6.08. The number of amides is 1. The van der Waals surface area contributed by atoms with Crippen molar-refractivity contribution in [2.75, 3.05) is 5.32 Å². The summed E-state index contributed by atoms with van der Waals surface area (Å²) in [6.45, 7) is 5.89. The van der Waals surface area contributed by atoms with Gasteiger partial charge in [-0.3, -0.25) is 19.0 Å². The predicted octanol–water partition coefficient (Wildman–Crippen LogP) is 4.48. The molecule has 0 saturated heterocycles. The van der Waals surface area contributed by atoms with Crippen molar-refractivity contribution in [2.24, 2.45) is 0 Å². The molecule has 7 heteroatoms. The summed E-state index contributed by atoms with van der Waals surface area (Å²) in [5, 5.41) is 3.43. The third kappa shape index (κ3) is 4.79. The maximum atomic E-state index is 12.7. The van der Waals surface area contributed by atoms with Crippen molar-refractivity contribution >= 4 is 38.9 Å². The first-order chi connectivity index (χ1) is 13.9. The number of aryl methyl sites for hydroxylation is 2. The van der Waals surface area contributed by atoms with Crippen molar-refractivity contribution in [3.63, 3.8) is 0 Å². The number of unbranched alkanes of at least 4 members (excludes halogenated alkanes) is 2. The van der Waals surface area contributed by atoms with Gasteiger partial charge in [-0.15, -0.1) is 11.3 Å². The average Bonchev–Trinajstić information content (AvgIpc) is 2.99. The lowest BCUT2D eigenvalue weighted by molar-refractivity contribution is -0.116.